The van der Waals surface area contributed by atoms with E-state index in [-0.39, 0.29) is 48.9 Å². The number of esters is 3. The third-order valence-electron chi connectivity index (χ3n) is 13.8. The highest BCUT2D eigenvalue weighted by molar-refractivity contribution is 5.87. The number of carbonyl (C=O) groups excluding carboxylic acids is 3. The minimum atomic E-state index is -1.56. The van der Waals surface area contributed by atoms with Crippen LogP contribution in [0.4, 0.5) is 0 Å². The maximum absolute atomic E-state index is 15.0. The fraction of sp³-hybridized carbons (Fsp3) is 0.698. The average Bonchev–Trinajstić information content (AvgIpc) is 3.91. The first-order chi connectivity index (χ1) is 24.7. The van der Waals surface area contributed by atoms with Gasteiger partial charge in [0.05, 0.1) is 23.4 Å². The zero-order valence-electron chi connectivity index (χ0n) is 32.3. The Balaban J connectivity index is 1.40. The van der Waals surface area contributed by atoms with Gasteiger partial charge in [0.25, 0.3) is 0 Å². The number of benzene rings is 1. The SMILES string of the molecule is CCC(C)(CC(C)(C(=O)OC1CC2CC1CC21CCCC1)c1c(CC(C)(C)C(=O)OCc2ccccc2)c(O)n(C2CCCCC2)c1O)C(=O)OC. The fourth-order valence-electron chi connectivity index (χ4n) is 10.7. The summed E-state index contributed by atoms with van der Waals surface area (Å²) in [4.78, 5) is 42.2. The molecule has 1 heterocycles. The number of rotatable bonds is 13. The standard InChI is InChI=1S/C43H61NO8/c1-7-41(4,38(48)50-6)27-42(5,39(49)52-33-23-30-22-29(33)24-43(30)20-14-15-21-43)34-32(35(45)44(36(34)46)31-18-12-9-13-19-31)25-40(2,3)37(47)51-26-28-16-10-8-11-17-28/h8,10-11,16-17,29-31,33,45-46H,7,9,12-15,18-27H2,1-6H3. The van der Waals surface area contributed by atoms with Gasteiger partial charge in [-0.3, -0.25) is 19.0 Å². The van der Waals surface area contributed by atoms with Gasteiger partial charge < -0.3 is 24.4 Å². The molecule has 0 saturated heterocycles. The van der Waals surface area contributed by atoms with E-state index in [0.29, 0.717) is 29.2 Å². The van der Waals surface area contributed by atoms with E-state index in [1.165, 1.54) is 32.8 Å². The Bertz CT molecular complexity index is 1620. The van der Waals surface area contributed by atoms with Crippen molar-refractivity contribution in [2.24, 2.45) is 28.1 Å². The van der Waals surface area contributed by atoms with Crippen molar-refractivity contribution >= 4 is 17.9 Å². The summed E-state index contributed by atoms with van der Waals surface area (Å²) in [5, 5.41) is 24.5. The third-order valence-corrected chi connectivity index (χ3v) is 13.8. The van der Waals surface area contributed by atoms with Crippen LogP contribution in [0.15, 0.2) is 30.3 Å². The van der Waals surface area contributed by atoms with Crippen LogP contribution in [0.3, 0.4) is 0 Å². The number of nitrogens with zero attached hydrogens (tertiary/aromatic N) is 1. The number of ether oxygens (including phenoxy) is 3. The zero-order chi connectivity index (χ0) is 37.5. The molecule has 4 aliphatic carbocycles. The molecular formula is C43H61NO8. The van der Waals surface area contributed by atoms with Gasteiger partial charge in [-0.25, -0.2) is 0 Å². The summed E-state index contributed by atoms with van der Waals surface area (Å²) < 4.78 is 19.2. The lowest BCUT2D eigenvalue weighted by Crippen LogP contribution is -2.45. The largest absolute Gasteiger partial charge is 0.494 e. The number of fused-ring (bicyclic) bond motifs is 3. The van der Waals surface area contributed by atoms with Gasteiger partial charge in [0, 0.05) is 17.2 Å². The molecule has 4 fully saturated rings. The van der Waals surface area contributed by atoms with E-state index in [9.17, 15) is 19.8 Å². The normalized spacial score (nSPS) is 25.1. The summed E-state index contributed by atoms with van der Waals surface area (Å²) in [5.41, 5.74) is -2.04. The van der Waals surface area contributed by atoms with E-state index < -0.39 is 34.2 Å². The highest BCUT2D eigenvalue weighted by Gasteiger charge is 2.58. The predicted octanol–water partition coefficient (Wildman–Crippen LogP) is 8.86. The smallest absolute Gasteiger partial charge is 0.316 e. The van der Waals surface area contributed by atoms with Crippen LogP contribution in [-0.2, 0) is 47.0 Å². The average molecular weight is 720 g/mol. The van der Waals surface area contributed by atoms with Crippen molar-refractivity contribution in [1.29, 1.82) is 0 Å². The molecule has 9 nitrogen and oxygen atoms in total. The lowest BCUT2D eigenvalue weighted by molar-refractivity contribution is -0.164. The molecule has 9 heteroatoms. The molecule has 286 valence electrons. The molecule has 5 atom stereocenters. The van der Waals surface area contributed by atoms with Crippen molar-refractivity contribution in [3.8, 4) is 11.8 Å². The van der Waals surface area contributed by atoms with Crippen LogP contribution in [0.2, 0.25) is 0 Å². The van der Waals surface area contributed by atoms with Gasteiger partial charge >= 0.3 is 17.9 Å². The molecule has 6 rings (SSSR count). The van der Waals surface area contributed by atoms with Crippen LogP contribution in [0.25, 0.3) is 0 Å². The lowest BCUT2D eigenvalue weighted by Gasteiger charge is -2.40. The Morgan fingerprint density at radius 3 is 2.15 bits per heavy atom. The molecule has 1 aromatic heterocycles. The maximum atomic E-state index is 15.0. The Hall–Kier alpha value is -3.49. The second-order valence-electron chi connectivity index (χ2n) is 17.8. The minimum absolute atomic E-state index is 0.00431. The van der Waals surface area contributed by atoms with Gasteiger partial charge in [-0.1, -0.05) is 69.4 Å². The Labute approximate surface area is 309 Å². The summed E-state index contributed by atoms with van der Waals surface area (Å²) >= 11 is 0. The zero-order valence-corrected chi connectivity index (χ0v) is 32.3. The number of carbonyl (C=O) groups is 3. The van der Waals surface area contributed by atoms with Crippen LogP contribution in [-0.4, -0.2) is 45.9 Å². The highest BCUT2D eigenvalue weighted by Crippen LogP contribution is 2.63. The predicted molar refractivity (Wildman–Crippen MR) is 198 cm³/mol. The van der Waals surface area contributed by atoms with Gasteiger partial charge in [0.2, 0.25) is 0 Å². The van der Waals surface area contributed by atoms with Gasteiger partial charge in [-0.2, -0.15) is 0 Å². The highest BCUT2D eigenvalue weighted by atomic mass is 16.5. The number of methoxy groups -OCH3 is 1. The second kappa shape index (κ2) is 14.7. The molecule has 4 aliphatic rings. The molecule has 2 bridgehead atoms. The van der Waals surface area contributed by atoms with Gasteiger partial charge in [-0.15, -0.1) is 0 Å². The maximum Gasteiger partial charge on any atom is 0.316 e. The summed E-state index contributed by atoms with van der Waals surface area (Å²) in [6.45, 7) is 9.02. The summed E-state index contributed by atoms with van der Waals surface area (Å²) in [6.07, 6.45) is 12.7. The van der Waals surface area contributed by atoms with Crippen molar-refractivity contribution in [2.75, 3.05) is 7.11 Å². The van der Waals surface area contributed by atoms with E-state index in [4.69, 9.17) is 14.2 Å². The quantitative estimate of drug-likeness (QED) is 0.155. The number of hydrogen-bond donors (Lipinski definition) is 2. The van der Waals surface area contributed by atoms with Crippen molar-refractivity contribution in [3.63, 3.8) is 0 Å². The minimum Gasteiger partial charge on any atom is -0.494 e. The van der Waals surface area contributed by atoms with Crippen molar-refractivity contribution in [1.82, 2.24) is 4.57 Å². The van der Waals surface area contributed by atoms with Crippen LogP contribution in [0, 0.1) is 28.1 Å². The van der Waals surface area contributed by atoms with E-state index in [1.807, 2.05) is 37.3 Å². The van der Waals surface area contributed by atoms with E-state index in [0.717, 1.165) is 56.9 Å². The molecule has 2 N–H and O–H groups in total. The third kappa shape index (κ3) is 6.98. The first-order valence-electron chi connectivity index (χ1n) is 19.8. The molecule has 52 heavy (non-hydrogen) atoms. The fourth-order valence-corrected chi connectivity index (χ4v) is 10.7. The molecule has 4 saturated carbocycles. The van der Waals surface area contributed by atoms with Crippen LogP contribution < -0.4 is 0 Å². The molecular weight excluding hydrogens is 658 g/mol. The molecule has 1 aromatic carbocycles. The second-order valence-corrected chi connectivity index (χ2v) is 17.8. The molecule has 0 amide bonds. The summed E-state index contributed by atoms with van der Waals surface area (Å²) in [5.74, 6) is -0.957. The summed E-state index contributed by atoms with van der Waals surface area (Å²) in [7, 11) is 1.35. The first kappa shape index (κ1) is 38.2. The number of aromatic hydroxyl groups is 2. The van der Waals surface area contributed by atoms with Crippen LogP contribution in [0.1, 0.15) is 147 Å². The number of aromatic nitrogens is 1. The van der Waals surface area contributed by atoms with E-state index in [2.05, 4.69) is 0 Å². The Morgan fingerprint density at radius 2 is 1.56 bits per heavy atom. The van der Waals surface area contributed by atoms with Gasteiger partial charge in [0.15, 0.2) is 11.8 Å². The lowest BCUT2D eigenvalue weighted by atomic mass is 9.66. The Morgan fingerprint density at radius 1 is 0.885 bits per heavy atom. The Kier molecular flexibility index (Phi) is 10.8. The molecule has 1 spiro atoms. The molecule has 0 radical (unpaired) electrons. The van der Waals surface area contributed by atoms with Crippen molar-refractivity contribution < 1.29 is 38.8 Å². The first-order valence-corrected chi connectivity index (χ1v) is 19.8. The summed E-state index contributed by atoms with van der Waals surface area (Å²) in [6, 6.07) is 9.27. The topological polar surface area (TPSA) is 124 Å². The number of hydrogen-bond acceptors (Lipinski definition) is 8. The van der Waals surface area contributed by atoms with Crippen LogP contribution >= 0.6 is 0 Å². The molecule has 2 aromatic rings. The van der Waals surface area contributed by atoms with Crippen LogP contribution in [0.5, 0.6) is 11.8 Å². The van der Waals surface area contributed by atoms with Gasteiger partial charge in [-0.05, 0) is 115 Å². The molecule has 0 aliphatic heterocycles. The van der Waals surface area contributed by atoms with Crippen molar-refractivity contribution in [2.45, 2.75) is 155 Å². The van der Waals surface area contributed by atoms with Gasteiger partial charge in [0.1, 0.15) is 12.7 Å². The van der Waals surface area contributed by atoms with Crippen molar-refractivity contribution in [3.05, 3.63) is 47.0 Å². The van der Waals surface area contributed by atoms with E-state index >= 15 is 4.79 Å². The molecule has 5 unspecified atom stereocenters. The van der Waals surface area contributed by atoms with E-state index in [1.54, 1.807) is 32.3 Å². The monoisotopic (exact) mass is 719 g/mol.